The number of imidazole rings is 1. The van der Waals surface area contributed by atoms with Crippen LogP contribution in [-0.2, 0) is 6.42 Å². The normalized spacial score (nSPS) is 11.0. The average Bonchev–Trinajstić information content (AvgIpc) is 2.89. The highest BCUT2D eigenvalue weighted by Gasteiger charge is 2.20. The largest absolute Gasteiger partial charge is 0.507 e. The molecule has 0 unspecified atom stereocenters. The first-order valence-electron chi connectivity index (χ1n) is 7.33. The first kappa shape index (κ1) is 14.3. The SMILES string of the molecule is CCc1nc2ccccn2c1C(=O)c1cc(C)c(O)c(C)c1. The number of aromatic hydroxyl groups is 1. The zero-order valence-electron chi connectivity index (χ0n) is 12.9. The zero-order valence-corrected chi connectivity index (χ0v) is 12.9. The van der Waals surface area contributed by atoms with Crippen LogP contribution in [0.15, 0.2) is 36.5 Å². The molecule has 1 aromatic carbocycles. The molecule has 0 fully saturated rings. The fourth-order valence-corrected chi connectivity index (χ4v) is 2.76. The van der Waals surface area contributed by atoms with Crippen molar-refractivity contribution in [3.63, 3.8) is 0 Å². The number of rotatable bonds is 3. The molecule has 1 N–H and O–H groups in total. The summed E-state index contributed by atoms with van der Waals surface area (Å²) in [4.78, 5) is 17.5. The molecule has 0 spiro atoms. The molecule has 3 rings (SSSR count). The Morgan fingerprint density at radius 2 is 1.91 bits per heavy atom. The molecule has 2 aromatic heterocycles. The molecule has 0 radical (unpaired) electrons. The Hall–Kier alpha value is -2.62. The smallest absolute Gasteiger partial charge is 0.211 e. The third-order valence-corrected chi connectivity index (χ3v) is 3.91. The van der Waals surface area contributed by atoms with E-state index in [4.69, 9.17) is 0 Å². The highest BCUT2D eigenvalue weighted by molar-refractivity contribution is 6.09. The molecule has 0 aliphatic rings. The zero-order chi connectivity index (χ0) is 15.9. The lowest BCUT2D eigenvalue weighted by Crippen LogP contribution is -2.08. The van der Waals surface area contributed by atoms with Gasteiger partial charge >= 0.3 is 0 Å². The number of phenols is 1. The van der Waals surface area contributed by atoms with E-state index in [9.17, 15) is 9.90 Å². The van der Waals surface area contributed by atoms with Crippen molar-refractivity contribution in [2.75, 3.05) is 0 Å². The molecular weight excluding hydrogens is 276 g/mol. The van der Waals surface area contributed by atoms with Crippen LogP contribution in [0.1, 0.15) is 39.8 Å². The predicted octanol–water partition coefficient (Wildman–Crippen LogP) is 3.45. The van der Waals surface area contributed by atoms with Crippen molar-refractivity contribution < 1.29 is 9.90 Å². The lowest BCUT2D eigenvalue weighted by atomic mass is 10.00. The van der Waals surface area contributed by atoms with E-state index in [1.54, 1.807) is 26.0 Å². The van der Waals surface area contributed by atoms with Gasteiger partial charge in [0.15, 0.2) is 0 Å². The van der Waals surface area contributed by atoms with Gasteiger partial charge in [-0.15, -0.1) is 0 Å². The van der Waals surface area contributed by atoms with Crippen LogP contribution in [0.4, 0.5) is 0 Å². The van der Waals surface area contributed by atoms with Gasteiger partial charge in [0.05, 0.1) is 5.69 Å². The molecule has 0 aliphatic heterocycles. The van der Waals surface area contributed by atoms with Crippen LogP contribution in [0.5, 0.6) is 5.75 Å². The standard InChI is InChI=1S/C18H18N2O2/c1-4-14-16(20-8-6-5-7-15(20)19-14)18(22)13-9-11(2)17(21)12(3)10-13/h5-10,21H,4H2,1-3H3. The Labute approximate surface area is 129 Å². The van der Waals surface area contributed by atoms with Crippen molar-refractivity contribution in [3.8, 4) is 5.75 Å². The molecule has 0 bridgehead atoms. The molecule has 2 heterocycles. The van der Waals surface area contributed by atoms with Crippen molar-refractivity contribution in [3.05, 3.63) is 64.6 Å². The summed E-state index contributed by atoms with van der Waals surface area (Å²) >= 11 is 0. The minimum Gasteiger partial charge on any atom is -0.507 e. The predicted molar refractivity (Wildman–Crippen MR) is 85.6 cm³/mol. The van der Waals surface area contributed by atoms with E-state index in [1.807, 2.05) is 35.7 Å². The quantitative estimate of drug-likeness (QED) is 0.753. The Morgan fingerprint density at radius 3 is 2.55 bits per heavy atom. The van der Waals surface area contributed by atoms with Crippen molar-refractivity contribution >= 4 is 11.4 Å². The third-order valence-electron chi connectivity index (χ3n) is 3.91. The summed E-state index contributed by atoms with van der Waals surface area (Å²) in [5.74, 6) is 0.173. The molecule has 0 saturated heterocycles. The van der Waals surface area contributed by atoms with Gasteiger partial charge in [-0.1, -0.05) is 13.0 Å². The second kappa shape index (κ2) is 5.30. The number of carbonyl (C=O) groups excluding carboxylic acids is 1. The van der Waals surface area contributed by atoms with Crippen LogP contribution in [-0.4, -0.2) is 20.3 Å². The Balaban J connectivity index is 2.21. The molecule has 0 amide bonds. The average molecular weight is 294 g/mol. The van der Waals surface area contributed by atoms with Gasteiger partial charge in [-0.05, 0) is 55.7 Å². The second-order valence-corrected chi connectivity index (χ2v) is 5.48. The van der Waals surface area contributed by atoms with Gasteiger partial charge in [0.1, 0.15) is 17.1 Å². The van der Waals surface area contributed by atoms with Crippen LogP contribution in [0.25, 0.3) is 5.65 Å². The van der Waals surface area contributed by atoms with E-state index in [0.717, 1.165) is 11.3 Å². The van der Waals surface area contributed by atoms with Crippen LogP contribution in [0, 0.1) is 13.8 Å². The molecule has 0 aliphatic carbocycles. The number of hydrogen-bond acceptors (Lipinski definition) is 3. The number of benzene rings is 1. The highest BCUT2D eigenvalue weighted by atomic mass is 16.3. The number of aryl methyl sites for hydroxylation is 3. The van der Waals surface area contributed by atoms with E-state index >= 15 is 0 Å². The number of hydrogen-bond donors (Lipinski definition) is 1. The maximum atomic E-state index is 13.0. The number of carbonyl (C=O) groups is 1. The summed E-state index contributed by atoms with van der Waals surface area (Å²) in [5.41, 5.74) is 4.15. The first-order valence-corrected chi connectivity index (χ1v) is 7.33. The minimum absolute atomic E-state index is 0.0678. The number of fused-ring (bicyclic) bond motifs is 1. The molecule has 112 valence electrons. The van der Waals surface area contributed by atoms with Crippen molar-refractivity contribution in [2.45, 2.75) is 27.2 Å². The maximum Gasteiger partial charge on any atom is 0.211 e. The van der Waals surface area contributed by atoms with Gasteiger partial charge in [-0.2, -0.15) is 0 Å². The summed E-state index contributed by atoms with van der Waals surface area (Å²) in [7, 11) is 0. The van der Waals surface area contributed by atoms with E-state index in [0.29, 0.717) is 28.8 Å². The molecule has 0 saturated carbocycles. The number of aromatic nitrogens is 2. The Kier molecular flexibility index (Phi) is 3.45. The van der Waals surface area contributed by atoms with Gasteiger partial charge < -0.3 is 5.11 Å². The van der Waals surface area contributed by atoms with E-state index in [1.165, 1.54) is 0 Å². The second-order valence-electron chi connectivity index (χ2n) is 5.48. The number of nitrogens with zero attached hydrogens (tertiary/aromatic N) is 2. The van der Waals surface area contributed by atoms with Crippen molar-refractivity contribution in [1.82, 2.24) is 9.38 Å². The van der Waals surface area contributed by atoms with Crippen molar-refractivity contribution in [1.29, 1.82) is 0 Å². The lowest BCUT2D eigenvalue weighted by molar-refractivity contribution is 0.103. The number of phenolic OH excluding ortho intramolecular Hbond substituents is 1. The molecule has 22 heavy (non-hydrogen) atoms. The first-order chi connectivity index (χ1) is 10.5. The van der Waals surface area contributed by atoms with E-state index in [-0.39, 0.29) is 11.5 Å². The molecule has 0 atom stereocenters. The molecule has 3 aromatic rings. The van der Waals surface area contributed by atoms with Crippen molar-refractivity contribution in [2.24, 2.45) is 0 Å². The van der Waals surface area contributed by atoms with Crippen LogP contribution in [0.3, 0.4) is 0 Å². The topological polar surface area (TPSA) is 54.6 Å². The Bertz CT molecular complexity index is 855. The fourth-order valence-electron chi connectivity index (χ4n) is 2.76. The molecule has 4 heteroatoms. The third kappa shape index (κ3) is 2.17. The van der Waals surface area contributed by atoms with Gasteiger partial charge in [-0.3, -0.25) is 9.20 Å². The van der Waals surface area contributed by atoms with Crippen LogP contribution < -0.4 is 0 Å². The fraction of sp³-hybridized carbons (Fsp3) is 0.222. The van der Waals surface area contributed by atoms with Gasteiger partial charge in [0.25, 0.3) is 0 Å². The van der Waals surface area contributed by atoms with Gasteiger partial charge in [0, 0.05) is 11.8 Å². The molecule has 4 nitrogen and oxygen atoms in total. The molecular formula is C18H18N2O2. The van der Waals surface area contributed by atoms with E-state index in [2.05, 4.69) is 4.98 Å². The highest BCUT2D eigenvalue weighted by Crippen LogP contribution is 2.25. The number of pyridine rings is 1. The Morgan fingerprint density at radius 1 is 1.23 bits per heavy atom. The summed E-state index contributed by atoms with van der Waals surface area (Å²) in [5, 5.41) is 9.89. The monoisotopic (exact) mass is 294 g/mol. The minimum atomic E-state index is -0.0678. The summed E-state index contributed by atoms with van der Waals surface area (Å²) in [6.45, 7) is 5.59. The van der Waals surface area contributed by atoms with Gasteiger partial charge in [0.2, 0.25) is 5.78 Å². The number of ketones is 1. The summed E-state index contributed by atoms with van der Waals surface area (Å²) < 4.78 is 1.83. The lowest BCUT2D eigenvalue weighted by Gasteiger charge is -2.08. The summed E-state index contributed by atoms with van der Waals surface area (Å²) in [6, 6.07) is 9.14. The van der Waals surface area contributed by atoms with Gasteiger partial charge in [-0.25, -0.2) is 4.98 Å². The van der Waals surface area contributed by atoms with Crippen LogP contribution >= 0.6 is 0 Å². The maximum absolute atomic E-state index is 13.0. The van der Waals surface area contributed by atoms with E-state index < -0.39 is 0 Å². The summed E-state index contributed by atoms with van der Waals surface area (Å²) in [6.07, 6.45) is 2.55. The van der Waals surface area contributed by atoms with Crippen LogP contribution in [0.2, 0.25) is 0 Å².